The summed E-state index contributed by atoms with van der Waals surface area (Å²) in [5, 5.41) is 8.11. The van der Waals surface area contributed by atoms with Crippen LogP contribution in [0.25, 0.3) is 5.69 Å². The van der Waals surface area contributed by atoms with Gasteiger partial charge in [-0.2, -0.15) is 5.10 Å². The molecule has 1 aliphatic heterocycles. The van der Waals surface area contributed by atoms with Crippen LogP contribution >= 0.6 is 0 Å². The maximum absolute atomic E-state index is 5.37. The predicted molar refractivity (Wildman–Crippen MR) is 93.9 cm³/mol. The van der Waals surface area contributed by atoms with Gasteiger partial charge in [0.1, 0.15) is 5.75 Å². The normalized spacial score (nSPS) is 15.7. The van der Waals surface area contributed by atoms with E-state index in [2.05, 4.69) is 41.7 Å². The zero-order chi connectivity index (χ0) is 16.4. The van der Waals surface area contributed by atoms with E-state index < -0.39 is 0 Å². The summed E-state index contributed by atoms with van der Waals surface area (Å²) >= 11 is 0. The number of ether oxygens (including phenoxy) is 1. The monoisotopic (exact) mass is 314 g/mol. The molecule has 0 spiro atoms. The van der Waals surface area contributed by atoms with Crippen LogP contribution in [0.1, 0.15) is 26.5 Å². The Balaban J connectivity index is 2.08. The molecular weight excluding hydrogens is 288 g/mol. The molecular formula is C18H26N4O. The molecule has 1 fully saturated rings. The third-order valence-corrected chi connectivity index (χ3v) is 4.22. The zero-order valence-corrected chi connectivity index (χ0v) is 14.5. The molecule has 3 rings (SSSR count). The molecule has 5 heteroatoms. The average Bonchev–Trinajstić information content (AvgIpc) is 3.01. The second kappa shape index (κ2) is 6.24. The van der Waals surface area contributed by atoms with Gasteiger partial charge in [-0.25, -0.2) is 4.68 Å². The van der Waals surface area contributed by atoms with Crippen LogP contribution in [-0.4, -0.2) is 43.1 Å². The van der Waals surface area contributed by atoms with Gasteiger partial charge in [0.05, 0.1) is 30.4 Å². The van der Waals surface area contributed by atoms with Crippen molar-refractivity contribution in [1.82, 2.24) is 15.1 Å². The number of rotatable bonds is 3. The Kier molecular flexibility index (Phi) is 4.31. The summed E-state index contributed by atoms with van der Waals surface area (Å²) in [5.41, 5.74) is 3.52. The molecule has 1 saturated heterocycles. The lowest BCUT2D eigenvalue weighted by molar-refractivity contribution is 0.414. The van der Waals surface area contributed by atoms with Gasteiger partial charge in [-0.3, -0.25) is 0 Å². The Bertz CT molecular complexity index is 666. The molecule has 2 heterocycles. The fourth-order valence-corrected chi connectivity index (χ4v) is 3.12. The smallest absolute Gasteiger partial charge is 0.121 e. The SMILES string of the molecule is COc1cccc(-n2ncc(N3CCNCC3)c2C(C)(C)C)c1. The van der Waals surface area contributed by atoms with Gasteiger partial charge < -0.3 is 15.0 Å². The van der Waals surface area contributed by atoms with Crippen molar-refractivity contribution in [3.8, 4) is 11.4 Å². The first kappa shape index (κ1) is 15.9. The van der Waals surface area contributed by atoms with Crippen molar-refractivity contribution in [3.63, 3.8) is 0 Å². The van der Waals surface area contributed by atoms with E-state index >= 15 is 0 Å². The molecule has 0 bridgehead atoms. The van der Waals surface area contributed by atoms with Crippen LogP contribution in [0.5, 0.6) is 5.75 Å². The predicted octanol–water partition coefficient (Wildman–Crippen LogP) is 2.59. The molecule has 1 aliphatic rings. The van der Waals surface area contributed by atoms with Crippen molar-refractivity contribution < 1.29 is 4.74 Å². The number of aromatic nitrogens is 2. The lowest BCUT2D eigenvalue weighted by Gasteiger charge is -2.32. The summed E-state index contributed by atoms with van der Waals surface area (Å²) in [5.74, 6) is 0.849. The van der Waals surface area contributed by atoms with Crippen molar-refractivity contribution >= 4 is 5.69 Å². The van der Waals surface area contributed by atoms with E-state index in [0.29, 0.717) is 0 Å². The van der Waals surface area contributed by atoms with Crippen molar-refractivity contribution in [1.29, 1.82) is 0 Å². The Morgan fingerprint density at radius 3 is 2.57 bits per heavy atom. The molecule has 1 N–H and O–H groups in total. The summed E-state index contributed by atoms with van der Waals surface area (Å²) in [4.78, 5) is 2.43. The third-order valence-electron chi connectivity index (χ3n) is 4.22. The number of benzene rings is 1. The number of methoxy groups -OCH3 is 1. The van der Waals surface area contributed by atoms with E-state index in [1.807, 2.05) is 24.4 Å². The maximum atomic E-state index is 5.37. The number of hydrogen-bond acceptors (Lipinski definition) is 4. The number of nitrogens with zero attached hydrogens (tertiary/aromatic N) is 3. The van der Waals surface area contributed by atoms with Crippen LogP contribution in [-0.2, 0) is 5.41 Å². The van der Waals surface area contributed by atoms with Crippen LogP contribution in [0.2, 0.25) is 0 Å². The van der Waals surface area contributed by atoms with Crippen LogP contribution in [0.15, 0.2) is 30.5 Å². The summed E-state index contributed by atoms with van der Waals surface area (Å²) in [6.45, 7) is 10.8. The minimum absolute atomic E-state index is 0.000213. The molecule has 124 valence electrons. The fourth-order valence-electron chi connectivity index (χ4n) is 3.12. The minimum Gasteiger partial charge on any atom is -0.497 e. The van der Waals surface area contributed by atoms with Crippen LogP contribution in [0.3, 0.4) is 0 Å². The fraction of sp³-hybridized carbons (Fsp3) is 0.500. The summed E-state index contributed by atoms with van der Waals surface area (Å²) < 4.78 is 7.42. The van der Waals surface area contributed by atoms with Crippen molar-refractivity contribution in [2.45, 2.75) is 26.2 Å². The Morgan fingerprint density at radius 1 is 1.17 bits per heavy atom. The maximum Gasteiger partial charge on any atom is 0.121 e. The third kappa shape index (κ3) is 3.20. The van der Waals surface area contributed by atoms with Crippen molar-refractivity contribution in [2.24, 2.45) is 0 Å². The molecule has 1 aromatic carbocycles. The van der Waals surface area contributed by atoms with Gasteiger partial charge >= 0.3 is 0 Å². The summed E-state index contributed by atoms with van der Waals surface area (Å²) in [6, 6.07) is 8.07. The second-order valence-corrected chi connectivity index (χ2v) is 6.98. The summed E-state index contributed by atoms with van der Waals surface area (Å²) in [7, 11) is 1.69. The number of nitrogens with one attached hydrogen (secondary N) is 1. The first-order chi connectivity index (χ1) is 11.0. The van der Waals surface area contributed by atoms with Gasteiger partial charge in [0.25, 0.3) is 0 Å². The van der Waals surface area contributed by atoms with Crippen LogP contribution < -0.4 is 15.0 Å². The molecule has 0 atom stereocenters. The first-order valence-corrected chi connectivity index (χ1v) is 8.19. The largest absolute Gasteiger partial charge is 0.497 e. The van der Waals surface area contributed by atoms with E-state index in [-0.39, 0.29) is 5.41 Å². The molecule has 1 aromatic heterocycles. The highest BCUT2D eigenvalue weighted by Gasteiger charge is 2.28. The van der Waals surface area contributed by atoms with Crippen LogP contribution in [0, 0.1) is 0 Å². The van der Waals surface area contributed by atoms with E-state index in [9.17, 15) is 0 Å². The van der Waals surface area contributed by atoms with Crippen LogP contribution in [0.4, 0.5) is 5.69 Å². The Hall–Kier alpha value is -2.01. The van der Waals surface area contributed by atoms with E-state index in [0.717, 1.165) is 37.6 Å². The quantitative estimate of drug-likeness (QED) is 0.945. The molecule has 5 nitrogen and oxygen atoms in total. The van der Waals surface area contributed by atoms with Crippen molar-refractivity contribution in [3.05, 3.63) is 36.2 Å². The molecule has 2 aromatic rings. The Labute approximate surface area is 138 Å². The van der Waals surface area contributed by atoms with E-state index in [1.165, 1.54) is 11.4 Å². The minimum atomic E-state index is -0.000213. The molecule has 0 saturated carbocycles. The van der Waals surface area contributed by atoms with Gasteiger partial charge in [-0.05, 0) is 12.1 Å². The highest BCUT2D eigenvalue weighted by molar-refractivity contribution is 5.56. The number of anilines is 1. The first-order valence-electron chi connectivity index (χ1n) is 8.19. The molecule has 23 heavy (non-hydrogen) atoms. The molecule has 0 unspecified atom stereocenters. The molecule has 0 aliphatic carbocycles. The zero-order valence-electron chi connectivity index (χ0n) is 14.5. The van der Waals surface area contributed by atoms with Gasteiger partial charge in [-0.15, -0.1) is 0 Å². The topological polar surface area (TPSA) is 42.3 Å². The lowest BCUT2D eigenvalue weighted by atomic mass is 9.90. The highest BCUT2D eigenvalue weighted by atomic mass is 16.5. The van der Waals surface area contributed by atoms with Gasteiger partial charge in [0.15, 0.2) is 0 Å². The van der Waals surface area contributed by atoms with E-state index in [4.69, 9.17) is 9.84 Å². The van der Waals surface area contributed by atoms with Gasteiger partial charge in [-0.1, -0.05) is 26.8 Å². The number of piperazine rings is 1. The second-order valence-electron chi connectivity index (χ2n) is 6.98. The van der Waals surface area contributed by atoms with Crippen molar-refractivity contribution in [2.75, 3.05) is 38.2 Å². The average molecular weight is 314 g/mol. The Morgan fingerprint density at radius 2 is 1.91 bits per heavy atom. The molecule has 0 amide bonds. The lowest BCUT2D eigenvalue weighted by Crippen LogP contribution is -2.44. The summed E-state index contributed by atoms with van der Waals surface area (Å²) in [6.07, 6.45) is 2.01. The highest BCUT2D eigenvalue weighted by Crippen LogP contribution is 2.34. The van der Waals surface area contributed by atoms with Gasteiger partial charge in [0, 0.05) is 37.7 Å². The standard InChI is InChI=1S/C18H26N4O/c1-18(2,3)17-16(21-10-8-19-9-11-21)13-20-22(17)14-6-5-7-15(12-14)23-4/h5-7,12-13,19H,8-11H2,1-4H3. The molecule has 0 radical (unpaired) electrons. The van der Waals surface area contributed by atoms with E-state index in [1.54, 1.807) is 7.11 Å². The van der Waals surface area contributed by atoms with Gasteiger partial charge in [0.2, 0.25) is 0 Å². The number of hydrogen-bond donors (Lipinski definition) is 1.